The molecule has 2 rings (SSSR count). The van der Waals surface area contributed by atoms with Crippen LogP contribution in [0.2, 0.25) is 0 Å². The van der Waals surface area contributed by atoms with Crippen LogP contribution in [0, 0.1) is 0 Å². The van der Waals surface area contributed by atoms with Crippen LogP contribution in [-0.4, -0.2) is 51.6 Å². The van der Waals surface area contributed by atoms with Gasteiger partial charge in [-0.05, 0) is 13.8 Å². The monoisotopic (exact) mass is 362 g/mol. The number of cyclic esters (lactones) is 1. The molecule has 0 unspecified atom stereocenters. The van der Waals surface area contributed by atoms with Gasteiger partial charge < -0.3 is 23.1 Å². The van der Waals surface area contributed by atoms with E-state index in [1.54, 1.807) is 13.8 Å². The summed E-state index contributed by atoms with van der Waals surface area (Å²) in [5.41, 5.74) is -5.70. The Kier molecular flexibility index (Phi) is 4.28. The summed E-state index contributed by atoms with van der Waals surface area (Å²) in [6.45, 7) is 3.11. The number of hydrogen-bond donors (Lipinski definition) is 0. The van der Waals surface area contributed by atoms with Crippen LogP contribution in [0.4, 0.5) is 13.2 Å². The molecule has 0 radical (unpaired) electrons. The third-order valence-electron chi connectivity index (χ3n) is 2.97. The maximum absolute atomic E-state index is 12.4. The molecule has 23 heavy (non-hydrogen) atoms. The van der Waals surface area contributed by atoms with Gasteiger partial charge in [-0.3, -0.25) is 0 Å². The van der Waals surface area contributed by atoms with E-state index in [-0.39, 0.29) is 6.61 Å². The number of alkyl halides is 3. The predicted molar refractivity (Wildman–Crippen MR) is 64.9 cm³/mol. The molecule has 0 aromatic carbocycles. The molecule has 8 nitrogen and oxygen atoms in total. The summed E-state index contributed by atoms with van der Waals surface area (Å²) >= 11 is 0. The smallest absolute Gasteiger partial charge is 0.493 e. The number of ether oxygens (including phenoxy) is 4. The van der Waals surface area contributed by atoms with Gasteiger partial charge in [-0.15, -0.1) is 0 Å². The summed E-state index contributed by atoms with van der Waals surface area (Å²) in [7, 11) is -5.02. The average molecular weight is 362 g/mol. The van der Waals surface area contributed by atoms with Crippen LogP contribution in [0.1, 0.15) is 13.8 Å². The molecule has 0 aromatic rings. The number of carbonyl (C=O) groups excluding carboxylic acids is 1. The lowest BCUT2D eigenvalue weighted by Crippen LogP contribution is -2.33. The lowest BCUT2D eigenvalue weighted by molar-refractivity contribution is -0.163. The molecule has 0 N–H and O–H groups in total. The Morgan fingerprint density at radius 1 is 1.30 bits per heavy atom. The summed E-state index contributed by atoms with van der Waals surface area (Å²) < 4.78 is 83.3. The first-order chi connectivity index (χ1) is 10.4. The number of hydrogen-bond acceptors (Lipinski definition) is 8. The van der Waals surface area contributed by atoms with Crippen LogP contribution >= 0.6 is 0 Å². The summed E-state index contributed by atoms with van der Waals surface area (Å²) in [4.78, 5) is 11.7. The van der Waals surface area contributed by atoms with Crippen LogP contribution in [0.5, 0.6) is 0 Å². The van der Waals surface area contributed by atoms with E-state index in [1.165, 1.54) is 0 Å². The van der Waals surface area contributed by atoms with Crippen molar-refractivity contribution in [3.05, 3.63) is 11.5 Å². The van der Waals surface area contributed by atoms with Crippen LogP contribution in [-0.2, 0) is 38.0 Å². The Balaban J connectivity index is 2.30. The fraction of sp³-hybridized carbons (Fsp3) is 0.727. The van der Waals surface area contributed by atoms with Gasteiger partial charge >= 0.3 is 21.6 Å². The van der Waals surface area contributed by atoms with Crippen molar-refractivity contribution in [3.63, 3.8) is 0 Å². The van der Waals surface area contributed by atoms with Gasteiger partial charge in [-0.1, -0.05) is 0 Å². The Labute approximate surface area is 129 Å². The molecule has 0 bridgehead atoms. The van der Waals surface area contributed by atoms with Crippen molar-refractivity contribution in [1.29, 1.82) is 0 Å². The normalized spacial score (nSPS) is 28.0. The van der Waals surface area contributed by atoms with Gasteiger partial charge in [0, 0.05) is 0 Å². The maximum Gasteiger partial charge on any atom is 0.534 e. The van der Waals surface area contributed by atoms with Crippen LogP contribution in [0.25, 0.3) is 0 Å². The second-order valence-corrected chi connectivity index (χ2v) is 6.61. The molecule has 1 fully saturated rings. The summed E-state index contributed by atoms with van der Waals surface area (Å²) in [6.07, 6.45) is -2.17. The molecule has 2 heterocycles. The zero-order chi connectivity index (χ0) is 17.6. The third-order valence-corrected chi connectivity index (χ3v) is 3.92. The highest BCUT2D eigenvalue weighted by Gasteiger charge is 2.54. The fourth-order valence-electron chi connectivity index (χ4n) is 2.00. The van der Waals surface area contributed by atoms with E-state index in [0.29, 0.717) is 0 Å². The SMILES string of the molecule is COC1=C(OS(=O)(=O)C(F)(F)F)C(=O)O[C@@H]1[C@@H]1COC(C)(C)O1. The minimum Gasteiger partial charge on any atom is -0.493 e. The van der Waals surface area contributed by atoms with Gasteiger partial charge in [0.2, 0.25) is 0 Å². The van der Waals surface area contributed by atoms with Crippen molar-refractivity contribution in [3.8, 4) is 0 Å². The molecular weight excluding hydrogens is 349 g/mol. The molecule has 0 aromatic heterocycles. The molecule has 12 heteroatoms. The summed E-state index contributed by atoms with van der Waals surface area (Å²) in [5, 5.41) is 0. The van der Waals surface area contributed by atoms with Crippen molar-refractivity contribution < 1.29 is 49.5 Å². The first-order valence-electron chi connectivity index (χ1n) is 6.19. The summed E-state index contributed by atoms with van der Waals surface area (Å²) in [6, 6.07) is 0. The van der Waals surface area contributed by atoms with Crippen molar-refractivity contribution >= 4 is 16.1 Å². The van der Waals surface area contributed by atoms with Gasteiger partial charge in [-0.2, -0.15) is 21.6 Å². The minimum absolute atomic E-state index is 0.0445. The Morgan fingerprint density at radius 2 is 1.91 bits per heavy atom. The fourth-order valence-corrected chi connectivity index (χ4v) is 2.47. The lowest BCUT2D eigenvalue weighted by atomic mass is 10.2. The standard InChI is InChI=1S/C11H13F3O8S/c1-10(2)19-4-5(21-10)6-7(18-3)8(9(15)20-6)22-23(16,17)11(12,13)14/h5-6H,4H2,1-3H3/t5-,6+/m0/s1. The first kappa shape index (κ1) is 17.8. The van der Waals surface area contributed by atoms with Gasteiger partial charge in [0.05, 0.1) is 13.7 Å². The van der Waals surface area contributed by atoms with Crippen LogP contribution in [0.15, 0.2) is 11.5 Å². The summed E-state index contributed by atoms with van der Waals surface area (Å²) in [5.74, 6) is -4.12. The molecule has 0 amide bonds. The number of methoxy groups -OCH3 is 1. The van der Waals surface area contributed by atoms with E-state index in [9.17, 15) is 26.4 Å². The molecule has 0 spiro atoms. The highest BCUT2D eigenvalue weighted by atomic mass is 32.2. The first-order valence-corrected chi connectivity index (χ1v) is 7.60. The van der Waals surface area contributed by atoms with E-state index in [1.807, 2.05) is 0 Å². The van der Waals surface area contributed by atoms with Gasteiger partial charge in [0.25, 0.3) is 5.76 Å². The largest absolute Gasteiger partial charge is 0.534 e. The second-order valence-electron chi connectivity index (χ2n) is 5.07. The van der Waals surface area contributed by atoms with Crippen LogP contribution in [0.3, 0.4) is 0 Å². The molecule has 1 saturated heterocycles. The quantitative estimate of drug-likeness (QED) is 0.411. The highest BCUT2D eigenvalue weighted by Crippen LogP contribution is 2.36. The molecule has 2 aliphatic heterocycles. The number of halogens is 3. The van der Waals surface area contributed by atoms with Crippen molar-refractivity contribution in [2.75, 3.05) is 13.7 Å². The van der Waals surface area contributed by atoms with Gasteiger partial charge in [-0.25, -0.2) is 4.79 Å². The molecule has 0 saturated carbocycles. The molecule has 2 aliphatic rings. The Morgan fingerprint density at radius 3 is 2.35 bits per heavy atom. The van der Waals surface area contributed by atoms with E-state index in [0.717, 1.165) is 7.11 Å². The zero-order valence-electron chi connectivity index (χ0n) is 12.2. The molecular formula is C11H13F3O8S. The average Bonchev–Trinajstić information content (AvgIpc) is 2.89. The second kappa shape index (κ2) is 5.53. The van der Waals surface area contributed by atoms with Crippen molar-refractivity contribution in [1.82, 2.24) is 0 Å². The number of rotatable bonds is 4. The van der Waals surface area contributed by atoms with E-state index in [2.05, 4.69) is 4.18 Å². The Bertz CT molecular complexity index is 636. The van der Waals surface area contributed by atoms with Crippen molar-refractivity contribution in [2.24, 2.45) is 0 Å². The number of esters is 1. The van der Waals surface area contributed by atoms with Gasteiger partial charge in [0.15, 0.2) is 17.7 Å². The van der Waals surface area contributed by atoms with E-state index in [4.69, 9.17) is 18.9 Å². The minimum atomic E-state index is -6.04. The topological polar surface area (TPSA) is 97.4 Å². The van der Waals surface area contributed by atoms with Crippen LogP contribution < -0.4 is 0 Å². The molecule has 2 atom stereocenters. The Hall–Kier alpha value is -1.53. The van der Waals surface area contributed by atoms with E-state index < -0.39 is 51.1 Å². The third kappa shape index (κ3) is 3.38. The maximum atomic E-state index is 12.4. The molecule has 132 valence electrons. The predicted octanol–water partition coefficient (Wildman–Crippen LogP) is 0.787. The van der Waals surface area contributed by atoms with Crippen molar-refractivity contribution in [2.45, 2.75) is 37.4 Å². The van der Waals surface area contributed by atoms with Gasteiger partial charge in [0.1, 0.15) is 6.10 Å². The molecule has 0 aliphatic carbocycles. The lowest BCUT2D eigenvalue weighted by Gasteiger charge is -2.21. The zero-order valence-corrected chi connectivity index (χ0v) is 13.0. The highest BCUT2D eigenvalue weighted by molar-refractivity contribution is 7.87. The number of carbonyl (C=O) groups is 1. The van der Waals surface area contributed by atoms with E-state index >= 15 is 0 Å².